The number of nitrogens with zero attached hydrogens (tertiary/aromatic N) is 2. The molecule has 1 unspecified atom stereocenters. The Labute approximate surface area is 99.7 Å². The van der Waals surface area contributed by atoms with E-state index in [9.17, 15) is 4.79 Å². The summed E-state index contributed by atoms with van der Waals surface area (Å²) in [5.41, 5.74) is 2.59. The lowest BCUT2D eigenvalue weighted by Gasteiger charge is -2.24. The van der Waals surface area contributed by atoms with Gasteiger partial charge in [-0.3, -0.25) is 4.79 Å². The van der Waals surface area contributed by atoms with Crippen LogP contribution in [0.5, 0.6) is 0 Å². The Kier molecular flexibility index (Phi) is 3.56. The third-order valence-corrected chi connectivity index (χ3v) is 3.93. The highest BCUT2D eigenvalue weighted by Crippen LogP contribution is 2.22. The molecule has 5 heteroatoms. The van der Waals surface area contributed by atoms with Crippen LogP contribution in [0.2, 0.25) is 0 Å². The number of likely N-dealkylation sites (N-methyl/N-ethyl adjacent to an activating group) is 1. The SMILES string of the molecule is CNCC1CCCN1C(=O)c1scnc1C. The molecular weight excluding hydrogens is 222 g/mol. The van der Waals surface area contributed by atoms with Crippen LogP contribution in [0.1, 0.15) is 28.2 Å². The molecule has 1 aliphatic heterocycles. The Hall–Kier alpha value is -0.940. The molecule has 16 heavy (non-hydrogen) atoms. The fraction of sp³-hybridized carbons (Fsp3) is 0.636. The average molecular weight is 239 g/mol. The van der Waals surface area contributed by atoms with E-state index in [4.69, 9.17) is 0 Å². The zero-order valence-electron chi connectivity index (χ0n) is 9.69. The molecule has 1 amide bonds. The molecule has 88 valence electrons. The summed E-state index contributed by atoms with van der Waals surface area (Å²) in [6, 6.07) is 0.346. The van der Waals surface area contributed by atoms with E-state index >= 15 is 0 Å². The fourth-order valence-corrected chi connectivity index (χ4v) is 2.95. The number of likely N-dealkylation sites (tertiary alicyclic amines) is 1. The number of hydrogen-bond acceptors (Lipinski definition) is 4. The van der Waals surface area contributed by atoms with Crippen LogP contribution in [0.25, 0.3) is 0 Å². The van der Waals surface area contributed by atoms with Gasteiger partial charge in [0.15, 0.2) is 0 Å². The second-order valence-electron chi connectivity index (χ2n) is 4.12. The van der Waals surface area contributed by atoms with Crippen molar-refractivity contribution in [1.82, 2.24) is 15.2 Å². The molecule has 0 saturated carbocycles. The first-order chi connectivity index (χ1) is 7.74. The first-order valence-corrected chi connectivity index (χ1v) is 6.47. The maximum Gasteiger partial charge on any atom is 0.266 e. The van der Waals surface area contributed by atoms with Crippen molar-refractivity contribution >= 4 is 17.2 Å². The minimum atomic E-state index is 0.151. The predicted molar refractivity (Wildman–Crippen MR) is 64.8 cm³/mol. The number of thiazole rings is 1. The smallest absolute Gasteiger partial charge is 0.266 e. The highest BCUT2D eigenvalue weighted by atomic mass is 32.1. The molecule has 1 saturated heterocycles. The van der Waals surface area contributed by atoms with E-state index in [1.807, 2.05) is 18.9 Å². The van der Waals surface area contributed by atoms with E-state index in [0.29, 0.717) is 6.04 Å². The van der Waals surface area contributed by atoms with Gasteiger partial charge in [-0.15, -0.1) is 11.3 Å². The molecule has 1 aromatic heterocycles. The van der Waals surface area contributed by atoms with Crippen molar-refractivity contribution in [2.75, 3.05) is 20.1 Å². The molecule has 2 heterocycles. The van der Waals surface area contributed by atoms with Gasteiger partial charge in [-0.2, -0.15) is 0 Å². The number of nitrogens with one attached hydrogen (secondary N) is 1. The van der Waals surface area contributed by atoms with Gasteiger partial charge in [0.1, 0.15) is 4.88 Å². The van der Waals surface area contributed by atoms with Crippen LogP contribution in [-0.4, -0.2) is 42.0 Å². The van der Waals surface area contributed by atoms with Gasteiger partial charge in [0.05, 0.1) is 11.2 Å². The summed E-state index contributed by atoms with van der Waals surface area (Å²) in [7, 11) is 1.93. The highest BCUT2D eigenvalue weighted by molar-refractivity contribution is 7.11. The molecular formula is C11H17N3OS. The van der Waals surface area contributed by atoms with Crippen LogP contribution in [-0.2, 0) is 0 Å². The maximum atomic E-state index is 12.3. The van der Waals surface area contributed by atoms with Crippen molar-refractivity contribution in [3.8, 4) is 0 Å². The average Bonchev–Trinajstić information content (AvgIpc) is 2.87. The summed E-state index contributed by atoms with van der Waals surface area (Å²) >= 11 is 1.44. The van der Waals surface area contributed by atoms with E-state index in [2.05, 4.69) is 10.3 Å². The van der Waals surface area contributed by atoms with E-state index < -0.39 is 0 Å². The lowest BCUT2D eigenvalue weighted by molar-refractivity contribution is 0.0741. The molecule has 2 rings (SSSR count). The third-order valence-electron chi connectivity index (χ3n) is 3.02. The zero-order valence-corrected chi connectivity index (χ0v) is 10.5. The molecule has 0 spiro atoms. The minimum Gasteiger partial charge on any atom is -0.334 e. The number of carbonyl (C=O) groups excluding carboxylic acids is 1. The maximum absolute atomic E-state index is 12.3. The van der Waals surface area contributed by atoms with E-state index in [1.54, 1.807) is 5.51 Å². The van der Waals surface area contributed by atoms with Crippen LogP contribution in [0.4, 0.5) is 0 Å². The summed E-state index contributed by atoms with van der Waals surface area (Å²) < 4.78 is 0. The standard InChI is InChI=1S/C11H17N3OS/c1-8-10(16-7-13-8)11(15)14-5-3-4-9(14)6-12-2/h7,9,12H,3-6H2,1-2H3. The van der Waals surface area contributed by atoms with Crippen molar-refractivity contribution in [3.63, 3.8) is 0 Å². The first kappa shape index (κ1) is 11.5. The van der Waals surface area contributed by atoms with E-state index in [-0.39, 0.29) is 5.91 Å². The molecule has 1 N–H and O–H groups in total. The second kappa shape index (κ2) is 4.93. The lowest BCUT2D eigenvalue weighted by Crippen LogP contribution is -2.40. The van der Waals surface area contributed by atoms with Gasteiger partial charge in [0, 0.05) is 19.1 Å². The molecule has 0 radical (unpaired) electrons. The summed E-state index contributed by atoms with van der Waals surface area (Å²) in [6.07, 6.45) is 2.21. The van der Waals surface area contributed by atoms with E-state index in [1.165, 1.54) is 11.3 Å². The molecule has 1 aromatic rings. The minimum absolute atomic E-state index is 0.151. The highest BCUT2D eigenvalue weighted by Gasteiger charge is 2.30. The van der Waals surface area contributed by atoms with Crippen LogP contribution in [0, 0.1) is 6.92 Å². The quantitative estimate of drug-likeness (QED) is 0.864. The summed E-state index contributed by atoms with van der Waals surface area (Å²) in [4.78, 5) is 19.2. The molecule has 0 aromatic carbocycles. The fourth-order valence-electron chi connectivity index (χ4n) is 2.19. The Bertz CT molecular complexity index is 377. The van der Waals surface area contributed by atoms with Gasteiger partial charge >= 0.3 is 0 Å². The molecule has 0 bridgehead atoms. The molecule has 1 aliphatic rings. The molecule has 1 fully saturated rings. The van der Waals surface area contributed by atoms with Gasteiger partial charge < -0.3 is 10.2 Å². The topological polar surface area (TPSA) is 45.2 Å². The monoisotopic (exact) mass is 239 g/mol. The van der Waals surface area contributed by atoms with Crippen molar-refractivity contribution in [3.05, 3.63) is 16.1 Å². The normalized spacial score (nSPS) is 20.4. The van der Waals surface area contributed by atoms with Gasteiger partial charge in [-0.1, -0.05) is 0 Å². The van der Waals surface area contributed by atoms with E-state index in [0.717, 1.165) is 36.5 Å². The Balaban J connectivity index is 2.12. The van der Waals surface area contributed by atoms with Crippen molar-refractivity contribution in [1.29, 1.82) is 0 Å². The summed E-state index contributed by atoms with van der Waals surface area (Å²) in [6.45, 7) is 3.65. The number of hydrogen-bond donors (Lipinski definition) is 1. The second-order valence-corrected chi connectivity index (χ2v) is 4.97. The largest absolute Gasteiger partial charge is 0.334 e. The zero-order chi connectivity index (χ0) is 11.5. The number of aromatic nitrogens is 1. The molecule has 1 atom stereocenters. The van der Waals surface area contributed by atoms with Gasteiger partial charge in [-0.05, 0) is 26.8 Å². The number of aryl methyl sites for hydroxylation is 1. The van der Waals surface area contributed by atoms with Gasteiger partial charge in [-0.25, -0.2) is 4.98 Å². The van der Waals surface area contributed by atoms with Crippen molar-refractivity contribution in [2.24, 2.45) is 0 Å². The Morgan fingerprint density at radius 2 is 2.56 bits per heavy atom. The molecule has 0 aliphatic carbocycles. The van der Waals surface area contributed by atoms with Crippen LogP contribution < -0.4 is 5.32 Å². The Morgan fingerprint density at radius 3 is 3.19 bits per heavy atom. The third kappa shape index (κ3) is 2.10. The number of carbonyl (C=O) groups is 1. The number of rotatable bonds is 3. The summed E-state index contributed by atoms with van der Waals surface area (Å²) in [5.74, 6) is 0.151. The van der Waals surface area contributed by atoms with Gasteiger partial charge in [0.25, 0.3) is 5.91 Å². The summed E-state index contributed by atoms with van der Waals surface area (Å²) in [5, 5.41) is 3.15. The van der Waals surface area contributed by atoms with Crippen LogP contribution in [0.15, 0.2) is 5.51 Å². The van der Waals surface area contributed by atoms with Crippen molar-refractivity contribution in [2.45, 2.75) is 25.8 Å². The number of amides is 1. The van der Waals surface area contributed by atoms with Crippen LogP contribution in [0.3, 0.4) is 0 Å². The Morgan fingerprint density at radius 1 is 1.75 bits per heavy atom. The van der Waals surface area contributed by atoms with Gasteiger partial charge in [0.2, 0.25) is 0 Å². The first-order valence-electron chi connectivity index (χ1n) is 5.59. The van der Waals surface area contributed by atoms with Crippen molar-refractivity contribution < 1.29 is 4.79 Å². The molecule has 4 nitrogen and oxygen atoms in total. The lowest BCUT2D eigenvalue weighted by atomic mass is 10.2. The predicted octanol–water partition coefficient (Wildman–Crippen LogP) is 1.28. The van der Waals surface area contributed by atoms with Crippen LogP contribution >= 0.6 is 11.3 Å².